The van der Waals surface area contributed by atoms with E-state index in [9.17, 15) is 9.59 Å². The molecule has 0 aliphatic heterocycles. The molecule has 14 heavy (non-hydrogen) atoms. The summed E-state index contributed by atoms with van der Waals surface area (Å²) < 4.78 is 4.36. The monoisotopic (exact) mass is 203 g/mol. The van der Waals surface area contributed by atoms with Gasteiger partial charge in [-0.15, -0.1) is 13.2 Å². The van der Waals surface area contributed by atoms with E-state index >= 15 is 0 Å². The summed E-state index contributed by atoms with van der Waals surface area (Å²) in [5.74, 6) is -0.673. The van der Waals surface area contributed by atoms with E-state index in [0.717, 1.165) is 0 Å². The lowest BCUT2D eigenvalue weighted by Crippen LogP contribution is -2.37. The zero-order chi connectivity index (χ0) is 12.1. The highest BCUT2D eigenvalue weighted by Gasteiger charge is 2.12. The van der Waals surface area contributed by atoms with Gasteiger partial charge in [-0.1, -0.05) is 13.8 Å². The molecule has 0 aromatic heterocycles. The minimum Gasteiger partial charge on any atom is -0.467 e. The molecule has 0 saturated heterocycles. The number of hydrogen-bond donors (Lipinski definition) is 1. The number of methoxy groups -OCH3 is 1. The molecule has 0 rings (SSSR count). The van der Waals surface area contributed by atoms with Gasteiger partial charge in [-0.05, 0) is 6.92 Å². The van der Waals surface area contributed by atoms with E-state index in [1.165, 1.54) is 14.0 Å². The highest BCUT2D eigenvalue weighted by atomic mass is 16.5. The van der Waals surface area contributed by atoms with Gasteiger partial charge in [0.15, 0.2) is 0 Å². The molecule has 4 heteroatoms. The van der Waals surface area contributed by atoms with Crippen molar-refractivity contribution in [2.24, 2.45) is 0 Å². The summed E-state index contributed by atoms with van der Waals surface area (Å²) >= 11 is 0. The lowest BCUT2D eigenvalue weighted by Gasteiger charge is -2.08. The summed E-state index contributed by atoms with van der Waals surface area (Å²) in [6.45, 7) is 12.9. The highest BCUT2D eigenvalue weighted by molar-refractivity contribution is 5.82. The normalized spacial score (nSPS) is 9.21. The average Bonchev–Trinajstić information content (AvgIpc) is 2.21. The number of ether oxygens (including phenoxy) is 1. The molecule has 1 amide bonds. The van der Waals surface area contributed by atoms with Gasteiger partial charge in [0.05, 0.1) is 7.11 Å². The fraction of sp³-hybridized carbons (Fsp3) is 0.600. The molecule has 4 nitrogen and oxygen atoms in total. The maximum atomic E-state index is 10.6. The topological polar surface area (TPSA) is 55.4 Å². The van der Waals surface area contributed by atoms with E-state index in [1.807, 2.05) is 13.8 Å². The van der Waals surface area contributed by atoms with Crippen LogP contribution in [0.25, 0.3) is 0 Å². The number of hydrogen-bond acceptors (Lipinski definition) is 3. The number of rotatable bonds is 2. The largest absolute Gasteiger partial charge is 0.467 e. The van der Waals surface area contributed by atoms with Crippen molar-refractivity contribution in [2.75, 3.05) is 7.11 Å². The fourth-order valence-electron chi connectivity index (χ4n) is 0.541. The van der Waals surface area contributed by atoms with Gasteiger partial charge in [-0.25, -0.2) is 4.79 Å². The summed E-state index contributed by atoms with van der Waals surface area (Å²) in [6.07, 6.45) is 0. The molecule has 0 bridgehead atoms. The molecule has 0 fully saturated rings. The SMILES string of the molecule is C=C.CC.COC(=O)C(C)NC(C)=O. The van der Waals surface area contributed by atoms with Crippen molar-refractivity contribution in [3.63, 3.8) is 0 Å². The van der Waals surface area contributed by atoms with Crippen molar-refractivity contribution >= 4 is 11.9 Å². The molecule has 0 saturated carbocycles. The predicted molar refractivity (Wildman–Crippen MR) is 57.9 cm³/mol. The first-order valence-electron chi connectivity index (χ1n) is 4.43. The van der Waals surface area contributed by atoms with Gasteiger partial charge in [-0.3, -0.25) is 4.79 Å². The second-order valence-electron chi connectivity index (χ2n) is 1.95. The molecule has 84 valence electrons. The highest BCUT2D eigenvalue weighted by Crippen LogP contribution is 1.84. The van der Waals surface area contributed by atoms with Crippen molar-refractivity contribution in [1.82, 2.24) is 5.32 Å². The maximum Gasteiger partial charge on any atom is 0.328 e. The molecule has 0 aliphatic carbocycles. The van der Waals surface area contributed by atoms with Crippen LogP contribution in [0.15, 0.2) is 13.2 Å². The summed E-state index contributed by atoms with van der Waals surface area (Å²) in [6, 6.07) is -0.553. The van der Waals surface area contributed by atoms with Crippen molar-refractivity contribution in [3.05, 3.63) is 13.2 Å². The fourth-order valence-corrected chi connectivity index (χ4v) is 0.541. The summed E-state index contributed by atoms with van der Waals surface area (Å²) in [4.78, 5) is 21.0. The van der Waals surface area contributed by atoms with Crippen LogP contribution < -0.4 is 5.32 Å². The maximum absolute atomic E-state index is 10.6. The second kappa shape index (κ2) is 14.2. The zero-order valence-corrected chi connectivity index (χ0v) is 9.72. The van der Waals surface area contributed by atoms with Crippen molar-refractivity contribution < 1.29 is 14.3 Å². The Kier molecular flexibility index (Phi) is 18.7. The molecule has 0 aliphatic rings. The molecule has 0 radical (unpaired) electrons. The van der Waals surface area contributed by atoms with Crippen molar-refractivity contribution in [1.29, 1.82) is 0 Å². The number of esters is 1. The average molecular weight is 203 g/mol. The molecule has 1 unspecified atom stereocenters. The minimum atomic E-state index is -0.553. The molecular weight excluding hydrogens is 182 g/mol. The van der Waals surface area contributed by atoms with Crippen molar-refractivity contribution in [3.8, 4) is 0 Å². The Balaban J connectivity index is -0.000000266. The third-order valence-electron chi connectivity index (χ3n) is 0.975. The van der Waals surface area contributed by atoms with E-state index in [1.54, 1.807) is 6.92 Å². The first-order chi connectivity index (χ1) is 6.57. The van der Waals surface area contributed by atoms with Crippen LogP contribution in [0.5, 0.6) is 0 Å². The second-order valence-corrected chi connectivity index (χ2v) is 1.95. The van der Waals surface area contributed by atoms with Crippen molar-refractivity contribution in [2.45, 2.75) is 33.7 Å². The van der Waals surface area contributed by atoms with Gasteiger partial charge < -0.3 is 10.1 Å². The molecule has 1 atom stereocenters. The van der Waals surface area contributed by atoms with Gasteiger partial charge in [0.2, 0.25) is 5.91 Å². The summed E-state index contributed by atoms with van der Waals surface area (Å²) in [5.41, 5.74) is 0. The number of carbonyl (C=O) groups excluding carboxylic acids is 2. The van der Waals surface area contributed by atoms with E-state index in [0.29, 0.717) is 0 Å². The van der Waals surface area contributed by atoms with Gasteiger partial charge in [0, 0.05) is 6.92 Å². The predicted octanol–water partition coefficient (Wildman–Crippen LogP) is 1.51. The Hall–Kier alpha value is -1.32. The Labute approximate surface area is 86.3 Å². The molecule has 0 spiro atoms. The number of amides is 1. The van der Waals surface area contributed by atoms with Crippen LogP contribution in [-0.4, -0.2) is 25.0 Å². The Morgan fingerprint density at radius 1 is 1.29 bits per heavy atom. The van der Waals surface area contributed by atoms with Crippen LogP contribution in [0.1, 0.15) is 27.7 Å². The third-order valence-corrected chi connectivity index (χ3v) is 0.975. The first kappa shape index (κ1) is 18.5. The summed E-state index contributed by atoms with van der Waals surface area (Å²) in [5, 5.41) is 2.38. The Morgan fingerprint density at radius 3 is 1.86 bits per heavy atom. The number of nitrogens with one attached hydrogen (secondary N) is 1. The third kappa shape index (κ3) is 13.3. The lowest BCUT2D eigenvalue weighted by molar-refractivity contribution is -0.144. The molecule has 0 aromatic carbocycles. The smallest absolute Gasteiger partial charge is 0.328 e. The Bertz CT molecular complexity index is 157. The lowest BCUT2D eigenvalue weighted by atomic mass is 10.3. The molecule has 0 aromatic rings. The van der Waals surface area contributed by atoms with Crippen LogP contribution in [0.2, 0.25) is 0 Å². The van der Waals surface area contributed by atoms with Crippen LogP contribution in [0, 0.1) is 0 Å². The van der Waals surface area contributed by atoms with Crippen LogP contribution in [-0.2, 0) is 14.3 Å². The Morgan fingerprint density at radius 2 is 1.64 bits per heavy atom. The summed E-state index contributed by atoms with van der Waals surface area (Å²) in [7, 11) is 1.28. The molecular formula is C10H21NO3. The minimum absolute atomic E-state index is 0.238. The standard InChI is InChI=1S/C6H11NO3.C2H6.C2H4/c1-4(6(9)10-3)7-5(2)8;2*1-2/h4H,1-3H3,(H,7,8);1-2H3;1-2H2. The van der Waals surface area contributed by atoms with Gasteiger partial charge >= 0.3 is 5.97 Å². The molecule has 0 heterocycles. The molecule has 1 N–H and O–H groups in total. The quantitative estimate of drug-likeness (QED) is 0.546. The first-order valence-corrected chi connectivity index (χ1v) is 4.43. The van der Waals surface area contributed by atoms with E-state index in [-0.39, 0.29) is 5.91 Å². The van der Waals surface area contributed by atoms with E-state index in [4.69, 9.17) is 0 Å². The van der Waals surface area contributed by atoms with E-state index in [2.05, 4.69) is 23.2 Å². The van der Waals surface area contributed by atoms with Crippen LogP contribution in [0.3, 0.4) is 0 Å². The van der Waals surface area contributed by atoms with Crippen LogP contribution in [0.4, 0.5) is 0 Å². The van der Waals surface area contributed by atoms with Gasteiger partial charge in [0.25, 0.3) is 0 Å². The van der Waals surface area contributed by atoms with Crippen LogP contribution >= 0.6 is 0 Å². The number of carbonyl (C=O) groups is 2. The van der Waals surface area contributed by atoms with Gasteiger partial charge in [-0.2, -0.15) is 0 Å². The zero-order valence-electron chi connectivity index (χ0n) is 9.72. The van der Waals surface area contributed by atoms with Gasteiger partial charge in [0.1, 0.15) is 6.04 Å². The van der Waals surface area contributed by atoms with E-state index < -0.39 is 12.0 Å².